The molecule has 0 radical (unpaired) electrons. The summed E-state index contributed by atoms with van der Waals surface area (Å²) in [4.78, 5) is 12.3. The minimum atomic E-state index is 0. The van der Waals surface area contributed by atoms with E-state index in [9.17, 15) is 4.79 Å². The van der Waals surface area contributed by atoms with Gasteiger partial charge in [0.1, 0.15) is 0 Å². The van der Waals surface area contributed by atoms with Gasteiger partial charge in [0.15, 0.2) is 0 Å². The third-order valence-corrected chi connectivity index (χ3v) is 4.27. The summed E-state index contributed by atoms with van der Waals surface area (Å²) >= 11 is 0. The van der Waals surface area contributed by atoms with Gasteiger partial charge < -0.3 is 10.6 Å². The standard InChI is InChI=1S/C16H22N2O.ClH/c19-16(18-14-5-3-1-2-4-6-14)13-7-8-15-12(11-13)9-10-17-15;/h7-8,11,14,17H,1-6,9-10H2,(H,18,19);1H. The van der Waals surface area contributed by atoms with E-state index in [1.807, 2.05) is 18.2 Å². The Labute approximate surface area is 126 Å². The van der Waals surface area contributed by atoms with Gasteiger partial charge in [0, 0.05) is 23.8 Å². The van der Waals surface area contributed by atoms with Crippen LogP contribution in [0.25, 0.3) is 0 Å². The molecule has 0 aromatic heterocycles. The second-order valence-electron chi connectivity index (χ2n) is 5.71. The Morgan fingerprint density at radius 3 is 2.65 bits per heavy atom. The van der Waals surface area contributed by atoms with Gasteiger partial charge in [0.25, 0.3) is 5.91 Å². The lowest BCUT2D eigenvalue weighted by Gasteiger charge is -2.16. The first-order valence-corrected chi connectivity index (χ1v) is 7.50. The SMILES string of the molecule is Cl.O=C(NC1CCCCCC1)c1ccc2c(c1)CCN2. The maximum atomic E-state index is 12.3. The van der Waals surface area contributed by atoms with Gasteiger partial charge in [-0.1, -0.05) is 25.7 Å². The van der Waals surface area contributed by atoms with Crippen molar-refractivity contribution in [3.05, 3.63) is 29.3 Å². The molecule has 4 heteroatoms. The average molecular weight is 295 g/mol. The van der Waals surface area contributed by atoms with Crippen molar-refractivity contribution < 1.29 is 4.79 Å². The molecule has 1 aromatic rings. The van der Waals surface area contributed by atoms with Crippen LogP contribution in [0.15, 0.2) is 18.2 Å². The van der Waals surface area contributed by atoms with Crippen LogP contribution in [-0.4, -0.2) is 18.5 Å². The highest BCUT2D eigenvalue weighted by atomic mass is 35.5. The van der Waals surface area contributed by atoms with E-state index in [1.54, 1.807) is 0 Å². The van der Waals surface area contributed by atoms with Crippen molar-refractivity contribution in [2.75, 3.05) is 11.9 Å². The molecule has 1 fully saturated rings. The largest absolute Gasteiger partial charge is 0.384 e. The van der Waals surface area contributed by atoms with Crippen LogP contribution in [0.5, 0.6) is 0 Å². The lowest BCUT2D eigenvalue weighted by Crippen LogP contribution is -2.34. The van der Waals surface area contributed by atoms with E-state index in [2.05, 4.69) is 10.6 Å². The van der Waals surface area contributed by atoms with Gasteiger partial charge in [-0.05, 0) is 43.0 Å². The first kappa shape index (κ1) is 15.2. The zero-order valence-corrected chi connectivity index (χ0v) is 12.6. The van der Waals surface area contributed by atoms with Gasteiger partial charge in [0.05, 0.1) is 0 Å². The van der Waals surface area contributed by atoms with E-state index in [-0.39, 0.29) is 18.3 Å². The lowest BCUT2D eigenvalue weighted by molar-refractivity contribution is 0.0933. The Hall–Kier alpha value is -1.22. The number of rotatable bonds is 2. The van der Waals surface area contributed by atoms with Gasteiger partial charge in [-0.2, -0.15) is 0 Å². The molecule has 3 rings (SSSR count). The van der Waals surface area contributed by atoms with Crippen molar-refractivity contribution in [3.63, 3.8) is 0 Å². The molecule has 1 saturated carbocycles. The van der Waals surface area contributed by atoms with E-state index in [0.717, 1.165) is 31.4 Å². The number of halogens is 1. The van der Waals surface area contributed by atoms with E-state index in [1.165, 1.54) is 36.9 Å². The zero-order valence-electron chi connectivity index (χ0n) is 11.8. The molecular formula is C16H23ClN2O. The molecule has 20 heavy (non-hydrogen) atoms. The number of hydrogen-bond donors (Lipinski definition) is 2. The molecule has 1 aliphatic heterocycles. The average Bonchev–Trinajstić information content (AvgIpc) is 2.75. The quantitative estimate of drug-likeness (QED) is 0.819. The Morgan fingerprint density at radius 2 is 1.90 bits per heavy atom. The molecule has 2 N–H and O–H groups in total. The lowest BCUT2D eigenvalue weighted by atomic mass is 10.1. The van der Waals surface area contributed by atoms with Crippen LogP contribution < -0.4 is 10.6 Å². The summed E-state index contributed by atoms with van der Waals surface area (Å²) in [6, 6.07) is 6.39. The predicted octanol–water partition coefficient (Wildman–Crippen LogP) is 3.53. The first-order valence-electron chi connectivity index (χ1n) is 7.50. The number of carbonyl (C=O) groups excluding carboxylic acids is 1. The number of amides is 1. The Morgan fingerprint density at radius 1 is 1.15 bits per heavy atom. The molecule has 0 unspecified atom stereocenters. The van der Waals surface area contributed by atoms with Crippen LogP contribution in [0, 0.1) is 0 Å². The third-order valence-electron chi connectivity index (χ3n) is 4.27. The van der Waals surface area contributed by atoms with Gasteiger partial charge in [-0.25, -0.2) is 0 Å². The minimum Gasteiger partial charge on any atom is -0.384 e. The molecule has 2 aliphatic rings. The van der Waals surface area contributed by atoms with Crippen LogP contribution in [0.3, 0.4) is 0 Å². The molecule has 0 saturated heterocycles. The normalized spacial score (nSPS) is 18.4. The predicted molar refractivity (Wildman–Crippen MR) is 84.8 cm³/mol. The third kappa shape index (κ3) is 3.45. The zero-order chi connectivity index (χ0) is 13.1. The van der Waals surface area contributed by atoms with E-state index >= 15 is 0 Å². The number of benzene rings is 1. The summed E-state index contributed by atoms with van der Waals surface area (Å²) in [5, 5.41) is 6.53. The summed E-state index contributed by atoms with van der Waals surface area (Å²) in [6.07, 6.45) is 8.43. The van der Waals surface area contributed by atoms with Crippen molar-refractivity contribution in [1.82, 2.24) is 5.32 Å². The van der Waals surface area contributed by atoms with Crippen molar-refractivity contribution in [2.45, 2.75) is 51.0 Å². The molecule has 110 valence electrons. The number of carbonyl (C=O) groups is 1. The van der Waals surface area contributed by atoms with Crippen LogP contribution in [0.1, 0.15) is 54.4 Å². The highest BCUT2D eigenvalue weighted by molar-refractivity contribution is 5.95. The number of anilines is 1. The van der Waals surface area contributed by atoms with E-state index in [4.69, 9.17) is 0 Å². The molecule has 0 spiro atoms. The van der Waals surface area contributed by atoms with Crippen LogP contribution in [0.4, 0.5) is 5.69 Å². The molecule has 1 amide bonds. The second-order valence-corrected chi connectivity index (χ2v) is 5.71. The molecule has 1 aliphatic carbocycles. The maximum Gasteiger partial charge on any atom is 0.251 e. The number of nitrogens with one attached hydrogen (secondary N) is 2. The van der Waals surface area contributed by atoms with Crippen molar-refractivity contribution in [2.24, 2.45) is 0 Å². The summed E-state index contributed by atoms with van der Waals surface area (Å²) in [5.41, 5.74) is 3.27. The molecule has 0 bridgehead atoms. The summed E-state index contributed by atoms with van der Waals surface area (Å²) in [5.74, 6) is 0.0987. The fourth-order valence-corrected chi connectivity index (χ4v) is 3.14. The summed E-state index contributed by atoms with van der Waals surface area (Å²) in [6.45, 7) is 0.989. The number of fused-ring (bicyclic) bond motifs is 1. The van der Waals surface area contributed by atoms with Crippen molar-refractivity contribution >= 4 is 24.0 Å². The minimum absolute atomic E-state index is 0. The maximum absolute atomic E-state index is 12.3. The van der Waals surface area contributed by atoms with Crippen LogP contribution in [0.2, 0.25) is 0 Å². The van der Waals surface area contributed by atoms with Crippen LogP contribution in [-0.2, 0) is 6.42 Å². The first-order chi connectivity index (χ1) is 9.33. The van der Waals surface area contributed by atoms with Gasteiger partial charge in [0.2, 0.25) is 0 Å². The molecule has 0 atom stereocenters. The van der Waals surface area contributed by atoms with Crippen LogP contribution >= 0.6 is 12.4 Å². The van der Waals surface area contributed by atoms with Gasteiger partial charge in [-0.3, -0.25) is 4.79 Å². The summed E-state index contributed by atoms with van der Waals surface area (Å²) in [7, 11) is 0. The molecule has 1 aromatic carbocycles. The van der Waals surface area contributed by atoms with Crippen molar-refractivity contribution in [1.29, 1.82) is 0 Å². The molecule has 1 heterocycles. The smallest absolute Gasteiger partial charge is 0.251 e. The van der Waals surface area contributed by atoms with Gasteiger partial charge >= 0.3 is 0 Å². The molecular weight excluding hydrogens is 272 g/mol. The summed E-state index contributed by atoms with van der Waals surface area (Å²) < 4.78 is 0. The van der Waals surface area contributed by atoms with E-state index in [0.29, 0.717) is 6.04 Å². The highest BCUT2D eigenvalue weighted by Gasteiger charge is 2.17. The van der Waals surface area contributed by atoms with Crippen molar-refractivity contribution in [3.8, 4) is 0 Å². The topological polar surface area (TPSA) is 41.1 Å². The second kappa shape index (κ2) is 6.98. The highest BCUT2D eigenvalue weighted by Crippen LogP contribution is 2.23. The molecule has 3 nitrogen and oxygen atoms in total. The Balaban J connectivity index is 0.00000147. The fourth-order valence-electron chi connectivity index (χ4n) is 3.14. The number of hydrogen-bond acceptors (Lipinski definition) is 2. The van der Waals surface area contributed by atoms with E-state index < -0.39 is 0 Å². The monoisotopic (exact) mass is 294 g/mol. The fraction of sp³-hybridized carbons (Fsp3) is 0.562. The Bertz CT molecular complexity index is 468. The Kier molecular flexibility index (Phi) is 5.30. The van der Waals surface area contributed by atoms with Gasteiger partial charge in [-0.15, -0.1) is 12.4 Å².